The highest BCUT2D eigenvalue weighted by molar-refractivity contribution is 5.95. The van der Waals surface area contributed by atoms with Crippen molar-refractivity contribution in [2.75, 3.05) is 13.2 Å². The van der Waals surface area contributed by atoms with Crippen LogP contribution in [-0.4, -0.2) is 81.1 Å². The van der Waals surface area contributed by atoms with E-state index in [1.807, 2.05) is 5.32 Å². The topological polar surface area (TPSA) is 243 Å². The normalized spacial score (nSPS) is 13.6. The summed E-state index contributed by atoms with van der Waals surface area (Å²) in [4.78, 5) is 64.7. The van der Waals surface area contributed by atoms with Crippen LogP contribution in [0.5, 0.6) is 0 Å². The van der Waals surface area contributed by atoms with Gasteiger partial charge in [0.05, 0.1) is 25.4 Å². The van der Waals surface area contributed by atoms with Crippen LogP contribution in [-0.2, 0) is 30.4 Å². The first-order valence-corrected chi connectivity index (χ1v) is 8.36. The number of nitrogens with zero attached hydrogens (tertiary/aromatic N) is 1. The fourth-order valence-electron chi connectivity index (χ4n) is 2.17. The van der Waals surface area contributed by atoms with Crippen LogP contribution in [0.1, 0.15) is 12.1 Å². The zero-order chi connectivity index (χ0) is 22.0. The number of aromatic amines is 1. The van der Waals surface area contributed by atoms with Gasteiger partial charge < -0.3 is 42.6 Å². The van der Waals surface area contributed by atoms with Crippen LogP contribution in [0.2, 0.25) is 0 Å². The number of nitrogens with two attached hydrogens (primary N) is 2. The van der Waals surface area contributed by atoms with E-state index in [0.29, 0.717) is 5.69 Å². The molecule has 0 aliphatic carbocycles. The van der Waals surface area contributed by atoms with Crippen LogP contribution in [0.3, 0.4) is 0 Å². The number of H-pyrrole nitrogens is 1. The summed E-state index contributed by atoms with van der Waals surface area (Å²) in [5.74, 6) is -4.97. The van der Waals surface area contributed by atoms with Crippen molar-refractivity contribution in [3.63, 3.8) is 0 Å². The van der Waals surface area contributed by atoms with Crippen LogP contribution in [0.25, 0.3) is 0 Å². The van der Waals surface area contributed by atoms with E-state index in [0.717, 1.165) is 0 Å². The van der Waals surface area contributed by atoms with Gasteiger partial charge in [-0.1, -0.05) is 0 Å². The standard InChI is InChI=1S/C15H23N7O7/c16-8(1-7-3-18-6-20-7)13(27)21-9(2-11(17)24)15(29)22-10(5-23)14(28)19-4-12(25)26/h3,6,8-10,23H,1-2,4-5,16H2,(H2,17,24)(H,18,20)(H,19,28)(H,21,27)(H,22,29)(H,25,26). The molecule has 1 aromatic heterocycles. The molecule has 0 saturated carbocycles. The monoisotopic (exact) mass is 413 g/mol. The molecule has 14 nitrogen and oxygen atoms in total. The van der Waals surface area contributed by atoms with E-state index < -0.39 is 67.3 Å². The van der Waals surface area contributed by atoms with Gasteiger partial charge in [0, 0.05) is 18.3 Å². The van der Waals surface area contributed by atoms with Crippen molar-refractivity contribution in [1.82, 2.24) is 25.9 Å². The Morgan fingerprint density at radius 2 is 1.76 bits per heavy atom. The van der Waals surface area contributed by atoms with Crippen molar-refractivity contribution in [1.29, 1.82) is 0 Å². The van der Waals surface area contributed by atoms with Gasteiger partial charge in [0.1, 0.15) is 18.6 Å². The van der Waals surface area contributed by atoms with Crippen molar-refractivity contribution in [3.05, 3.63) is 18.2 Å². The zero-order valence-electron chi connectivity index (χ0n) is 15.3. The lowest BCUT2D eigenvalue weighted by Gasteiger charge is -2.22. The van der Waals surface area contributed by atoms with E-state index in [1.165, 1.54) is 12.5 Å². The Labute approximate surface area is 164 Å². The Morgan fingerprint density at radius 1 is 1.10 bits per heavy atom. The summed E-state index contributed by atoms with van der Waals surface area (Å²) < 4.78 is 0. The van der Waals surface area contributed by atoms with Gasteiger partial charge in [-0.25, -0.2) is 4.98 Å². The third-order valence-corrected chi connectivity index (χ3v) is 3.60. The van der Waals surface area contributed by atoms with Crippen molar-refractivity contribution in [2.24, 2.45) is 11.5 Å². The van der Waals surface area contributed by atoms with E-state index >= 15 is 0 Å². The number of imidazole rings is 1. The summed E-state index contributed by atoms with van der Waals surface area (Å²) >= 11 is 0. The highest BCUT2D eigenvalue weighted by Crippen LogP contribution is 2.00. The van der Waals surface area contributed by atoms with Crippen LogP contribution in [0, 0.1) is 0 Å². The summed E-state index contributed by atoms with van der Waals surface area (Å²) in [6.45, 7) is -1.58. The van der Waals surface area contributed by atoms with Gasteiger partial charge >= 0.3 is 5.97 Å². The molecule has 1 aromatic rings. The van der Waals surface area contributed by atoms with E-state index in [9.17, 15) is 29.1 Å². The Kier molecular flexibility index (Phi) is 9.21. The molecular weight excluding hydrogens is 390 g/mol. The van der Waals surface area contributed by atoms with Crippen LogP contribution in [0.15, 0.2) is 12.5 Å². The van der Waals surface area contributed by atoms with Gasteiger partial charge in [0.15, 0.2) is 0 Å². The number of carboxylic acids is 1. The lowest BCUT2D eigenvalue weighted by molar-refractivity contribution is -0.139. The highest BCUT2D eigenvalue weighted by atomic mass is 16.4. The number of aromatic nitrogens is 2. The van der Waals surface area contributed by atoms with Gasteiger partial charge in [-0.05, 0) is 0 Å². The molecule has 0 fully saturated rings. The maximum absolute atomic E-state index is 12.4. The molecule has 0 aromatic carbocycles. The van der Waals surface area contributed by atoms with Crippen LogP contribution >= 0.6 is 0 Å². The second kappa shape index (κ2) is 11.4. The Bertz CT molecular complexity index is 737. The molecule has 0 bridgehead atoms. The number of aliphatic hydroxyl groups is 1. The lowest BCUT2D eigenvalue weighted by Crippen LogP contribution is -2.57. The molecule has 0 aliphatic rings. The third kappa shape index (κ3) is 8.35. The van der Waals surface area contributed by atoms with Gasteiger partial charge in [-0.15, -0.1) is 0 Å². The number of aliphatic carboxylic acids is 1. The van der Waals surface area contributed by atoms with E-state index in [1.54, 1.807) is 0 Å². The zero-order valence-corrected chi connectivity index (χ0v) is 15.3. The minimum atomic E-state index is -1.51. The molecule has 1 heterocycles. The van der Waals surface area contributed by atoms with Crippen LogP contribution < -0.4 is 27.4 Å². The van der Waals surface area contributed by atoms with Crippen molar-refractivity contribution >= 4 is 29.6 Å². The molecule has 160 valence electrons. The van der Waals surface area contributed by atoms with Gasteiger partial charge in [-0.2, -0.15) is 0 Å². The lowest BCUT2D eigenvalue weighted by atomic mass is 10.1. The van der Waals surface area contributed by atoms with Gasteiger partial charge in [0.25, 0.3) is 0 Å². The molecular formula is C15H23N7O7. The molecule has 14 heteroatoms. The molecule has 0 saturated heterocycles. The summed E-state index contributed by atoms with van der Waals surface area (Å²) in [6.07, 6.45) is 2.34. The fourth-order valence-corrected chi connectivity index (χ4v) is 2.17. The molecule has 0 spiro atoms. The quantitative estimate of drug-likeness (QED) is 0.164. The van der Waals surface area contributed by atoms with Crippen molar-refractivity contribution in [3.8, 4) is 0 Å². The predicted octanol–water partition coefficient (Wildman–Crippen LogP) is -4.68. The first-order valence-electron chi connectivity index (χ1n) is 8.36. The number of carbonyl (C=O) groups is 5. The number of hydrogen-bond donors (Lipinski definition) is 8. The van der Waals surface area contributed by atoms with Gasteiger partial charge in [0.2, 0.25) is 23.6 Å². The number of primary amides is 1. The number of hydrogen-bond acceptors (Lipinski definition) is 8. The first-order chi connectivity index (χ1) is 13.6. The molecule has 1 rings (SSSR count). The Hall–Kier alpha value is -3.52. The van der Waals surface area contributed by atoms with Crippen molar-refractivity contribution in [2.45, 2.75) is 31.0 Å². The maximum atomic E-state index is 12.4. The number of nitrogens with one attached hydrogen (secondary N) is 4. The molecule has 4 amide bonds. The average molecular weight is 413 g/mol. The highest BCUT2D eigenvalue weighted by Gasteiger charge is 2.29. The summed E-state index contributed by atoms with van der Waals surface area (Å²) in [6, 6.07) is -4.05. The molecule has 0 aliphatic heterocycles. The number of rotatable bonds is 12. The smallest absolute Gasteiger partial charge is 0.322 e. The number of carboxylic acid groups (broad SMARTS) is 1. The minimum Gasteiger partial charge on any atom is -0.480 e. The molecule has 0 radical (unpaired) electrons. The largest absolute Gasteiger partial charge is 0.480 e. The van der Waals surface area contributed by atoms with Crippen LogP contribution in [0.4, 0.5) is 0 Å². The minimum absolute atomic E-state index is 0.0770. The molecule has 3 atom stereocenters. The van der Waals surface area contributed by atoms with Crippen molar-refractivity contribution < 1.29 is 34.2 Å². The Balaban J connectivity index is 2.75. The second-order valence-electron chi connectivity index (χ2n) is 5.97. The number of amides is 4. The van der Waals surface area contributed by atoms with E-state index in [2.05, 4.69) is 20.6 Å². The Morgan fingerprint density at radius 3 is 2.28 bits per heavy atom. The summed E-state index contributed by atoms with van der Waals surface area (Å²) in [7, 11) is 0. The SMILES string of the molecule is NC(=O)CC(NC(=O)C(N)Cc1cnc[nH]1)C(=O)NC(CO)C(=O)NCC(=O)O. The average Bonchev–Trinajstić information content (AvgIpc) is 3.15. The number of carbonyl (C=O) groups excluding carboxylic acids is 4. The summed E-state index contributed by atoms with van der Waals surface area (Å²) in [5.41, 5.74) is 11.4. The molecule has 3 unspecified atom stereocenters. The van der Waals surface area contributed by atoms with E-state index in [4.69, 9.17) is 16.6 Å². The summed E-state index contributed by atoms with van der Waals surface area (Å²) in [5, 5.41) is 24.2. The fraction of sp³-hybridized carbons (Fsp3) is 0.467. The predicted molar refractivity (Wildman–Crippen MR) is 95.7 cm³/mol. The van der Waals surface area contributed by atoms with E-state index in [-0.39, 0.29) is 6.42 Å². The third-order valence-electron chi connectivity index (χ3n) is 3.60. The second-order valence-corrected chi connectivity index (χ2v) is 5.97. The maximum Gasteiger partial charge on any atom is 0.322 e. The molecule has 10 N–H and O–H groups in total. The first kappa shape index (κ1) is 23.5. The number of aliphatic hydroxyl groups excluding tert-OH is 1. The van der Waals surface area contributed by atoms with Gasteiger partial charge in [-0.3, -0.25) is 24.0 Å². The molecule has 29 heavy (non-hydrogen) atoms.